The van der Waals surface area contributed by atoms with Gasteiger partial charge in [0.2, 0.25) is 0 Å². The number of halogens is 4. The van der Waals surface area contributed by atoms with E-state index in [-0.39, 0.29) is 21.8 Å². The summed E-state index contributed by atoms with van der Waals surface area (Å²) in [5, 5.41) is 8.91. The predicted molar refractivity (Wildman–Crippen MR) is 54.8 cm³/mol. The van der Waals surface area contributed by atoms with E-state index in [1.807, 2.05) is 0 Å². The van der Waals surface area contributed by atoms with Crippen LogP contribution in [0.5, 0.6) is 0 Å². The highest BCUT2D eigenvalue weighted by Gasteiger charge is 2.40. The van der Waals surface area contributed by atoms with Crippen molar-refractivity contribution in [2.24, 2.45) is 5.73 Å². The lowest BCUT2D eigenvalue weighted by atomic mass is 9.99. The van der Waals surface area contributed by atoms with Crippen LogP contribution in [-0.2, 0) is 6.61 Å². The van der Waals surface area contributed by atoms with Crippen molar-refractivity contribution in [1.29, 1.82) is 0 Å². The molecule has 0 bridgehead atoms. The van der Waals surface area contributed by atoms with Gasteiger partial charge in [-0.3, -0.25) is 0 Å². The number of nitrogens with two attached hydrogens (primary N) is 2. The fourth-order valence-electron chi connectivity index (χ4n) is 1.32. The Kier molecular flexibility index (Phi) is 3.67. The molecule has 0 amide bonds. The van der Waals surface area contributed by atoms with E-state index in [2.05, 4.69) is 0 Å². The van der Waals surface area contributed by atoms with Gasteiger partial charge in [-0.05, 0) is 11.6 Å². The second-order valence-electron chi connectivity index (χ2n) is 3.21. The van der Waals surface area contributed by atoms with E-state index in [9.17, 15) is 13.2 Å². The summed E-state index contributed by atoms with van der Waals surface area (Å²) in [4.78, 5) is 0. The molecule has 1 aromatic rings. The Morgan fingerprint density at radius 1 is 1.38 bits per heavy atom. The molecule has 1 rings (SSSR count). The molecule has 7 heteroatoms. The van der Waals surface area contributed by atoms with E-state index >= 15 is 0 Å². The van der Waals surface area contributed by atoms with Crippen molar-refractivity contribution >= 4 is 17.3 Å². The van der Waals surface area contributed by atoms with Gasteiger partial charge in [-0.1, -0.05) is 17.7 Å². The van der Waals surface area contributed by atoms with Crippen LogP contribution in [0, 0.1) is 0 Å². The fourth-order valence-corrected chi connectivity index (χ4v) is 1.49. The van der Waals surface area contributed by atoms with Crippen molar-refractivity contribution in [3.63, 3.8) is 0 Å². The van der Waals surface area contributed by atoms with Crippen LogP contribution in [0.25, 0.3) is 0 Å². The van der Waals surface area contributed by atoms with Crippen molar-refractivity contribution in [2.45, 2.75) is 18.8 Å². The molecule has 0 saturated heterocycles. The Labute approximate surface area is 94.8 Å². The SMILES string of the molecule is Nc1c(Cl)ccc(CO)c1[C@H](N)C(F)(F)F. The van der Waals surface area contributed by atoms with Gasteiger partial charge in [0, 0.05) is 5.56 Å². The van der Waals surface area contributed by atoms with E-state index in [4.69, 9.17) is 28.2 Å². The molecule has 0 aliphatic carbocycles. The molecule has 0 radical (unpaired) electrons. The minimum atomic E-state index is -4.64. The first kappa shape index (κ1) is 13.1. The zero-order chi connectivity index (χ0) is 12.5. The Morgan fingerprint density at radius 2 is 1.94 bits per heavy atom. The number of aliphatic hydroxyl groups excluding tert-OH is 1. The Hall–Kier alpha value is -0.980. The van der Waals surface area contributed by atoms with Crippen LogP contribution < -0.4 is 11.5 Å². The molecule has 1 aromatic carbocycles. The van der Waals surface area contributed by atoms with E-state index in [0.717, 1.165) is 0 Å². The molecule has 0 fully saturated rings. The predicted octanol–water partition coefficient (Wildman–Crippen LogP) is 1.98. The van der Waals surface area contributed by atoms with E-state index in [0.29, 0.717) is 0 Å². The molecule has 0 aliphatic heterocycles. The Bertz CT molecular complexity index is 395. The first-order valence-electron chi connectivity index (χ1n) is 4.29. The molecule has 90 valence electrons. The zero-order valence-electron chi connectivity index (χ0n) is 8.05. The molecule has 16 heavy (non-hydrogen) atoms. The van der Waals surface area contributed by atoms with Gasteiger partial charge < -0.3 is 16.6 Å². The normalized spacial score (nSPS) is 13.9. The largest absolute Gasteiger partial charge is 0.407 e. The summed E-state index contributed by atoms with van der Waals surface area (Å²) in [7, 11) is 0. The summed E-state index contributed by atoms with van der Waals surface area (Å²) < 4.78 is 37.4. The first-order chi connectivity index (χ1) is 7.29. The molecular weight excluding hydrogens is 245 g/mol. The van der Waals surface area contributed by atoms with Crippen LogP contribution in [0.3, 0.4) is 0 Å². The van der Waals surface area contributed by atoms with Crippen molar-refractivity contribution < 1.29 is 18.3 Å². The van der Waals surface area contributed by atoms with Gasteiger partial charge >= 0.3 is 6.18 Å². The van der Waals surface area contributed by atoms with Crippen molar-refractivity contribution in [2.75, 3.05) is 5.73 Å². The maximum Gasteiger partial charge on any atom is 0.407 e. The summed E-state index contributed by atoms with van der Waals surface area (Å²) in [5.74, 6) is 0. The fraction of sp³-hybridized carbons (Fsp3) is 0.333. The number of benzene rings is 1. The molecular formula is C9H10ClF3N2O. The Balaban J connectivity index is 3.35. The van der Waals surface area contributed by atoms with Gasteiger partial charge in [-0.25, -0.2) is 0 Å². The third-order valence-electron chi connectivity index (χ3n) is 2.16. The van der Waals surface area contributed by atoms with Gasteiger partial charge in [0.15, 0.2) is 0 Å². The minimum absolute atomic E-state index is 0.0201. The number of alkyl halides is 3. The maximum atomic E-state index is 12.5. The van der Waals surface area contributed by atoms with Gasteiger partial charge in [0.05, 0.1) is 17.3 Å². The standard InChI is InChI=1S/C9H10ClF3N2O/c10-5-2-1-4(3-16)6(7(5)14)8(15)9(11,12)13/h1-2,8,16H,3,14-15H2/t8-/m0/s1. The van der Waals surface area contributed by atoms with Crippen LogP contribution in [-0.4, -0.2) is 11.3 Å². The Morgan fingerprint density at radius 3 is 2.38 bits per heavy atom. The van der Waals surface area contributed by atoms with E-state index in [1.165, 1.54) is 12.1 Å². The highest BCUT2D eigenvalue weighted by Crippen LogP contribution is 2.38. The van der Waals surface area contributed by atoms with Gasteiger partial charge in [-0.15, -0.1) is 0 Å². The van der Waals surface area contributed by atoms with Crippen molar-refractivity contribution in [1.82, 2.24) is 0 Å². The minimum Gasteiger partial charge on any atom is -0.397 e. The number of hydrogen-bond donors (Lipinski definition) is 3. The maximum absolute atomic E-state index is 12.5. The molecule has 1 atom stereocenters. The molecule has 0 unspecified atom stereocenters. The van der Waals surface area contributed by atoms with Crippen LogP contribution >= 0.6 is 11.6 Å². The number of nitrogen functional groups attached to an aromatic ring is 1. The average molecular weight is 255 g/mol. The molecule has 0 spiro atoms. The van der Waals surface area contributed by atoms with Gasteiger partial charge in [-0.2, -0.15) is 13.2 Å². The molecule has 0 aliphatic rings. The summed E-state index contributed by atoms with van der Waals surface area (Å²) in [6.07, 6.45) is -4.64. The summed E-state index contributed by atoms with van der Waals surface area (Å²) >= 11 is 5.61. The first-order valence-corrected chi connectivity index (χ1v) is 4.66. The summed E-state index contributed by atoms with van der Waals surface area (Å²) in [5.41, 5.74) is 9.87. The topological polar surface area (TPSA) is 72.3 Å². The third-order valence-corrected chi connectivity index (χ3v) is 2.49. The lowest BCUT2D eigenvalue weighted by molar-refractivity contribution is -0.149. The van der Waals surface area contributed by atoms with Gasteiger partial charge in [0.1, 0.15) is 6.04 Å². The van der Waals surface area contributed by atoms with Crippen LogP contribution in [0.2, 0.25) is 5.02 Å². The molecule has 0 aromatic heterocycles. The molecule has 0 saturated carbocycles. The average Bonchev–Trinajstić information content (AvgIpc) is 2.19. The zero-order valence-corrected chi connectivity index (χ0v) is 8.81. The smallest absolute Gasteiger partial charge is 0.397 e. The summed E-state index contributed by atoms with van der Waals surface area (Å²) in [6.45, 7) is -0.583. The third kappa shape index (κ3) is 2.40. The van der Waals surface area contributed by atoms with Gasteiger partial charge in [0.25, 0.3) is 0 Å². The summed E-state index contributed by atoms with van der Waals surface area (Å²) in [6, 6.07) is 0.322. The number of anilines is 1. The quantitative estimate of drug-likeness (QED) is 0.707. The lowest BCUT2D eigenvalue weighted by Gasteiger charge is -2.21. The van der Waals surface area contributed by atoms with Crippen molar-refractivity contribution in [3.05, 3.63) is 28.3 Å². The second kappa shape index (κ2) is 4.48. The highest BCUT2D eigenvalue weighted by molar-refractivity contribution is 6.33. The van der Waals surface area contributed by atoms with Crippen LogP contribution in [0.4, 0.5) is 18.9 Å². The number of hydrogen-bond acceptors (Lipinski definition) is 3. The second-order valence-corrected chi connectivity index (χ2v) is 3.62. The van der Waals surface area contributed by atoms with E-state index < -0.39 is 18.8 Å². The molecule has 5 N–H and O–H groups in total. The lowest BCUT2D eigenvalue weighted by Crippen LogP contribution is -2.30. The highest BCUT2D eigenvalue weighted by atomic mass is 35.5. The number of rotatable bonds is 2. The molecule has 3 nitrogen and oxygen atoms in total. The molecule has 0 heterocycles. The monoisotopic (exact) mass is 254 g/mol. The number of aliphatic hydroxyl groups is 1. The van der Waals surface area contributed by atoms with Crippen LogP contribution in [0.15, 0.2) is 12.1 Å². The van der Waals surface area contributed by atoms with E-state index in [1.54, 1.807) is 0 Å². The van der Waals surface area contributed by atoms with Crippen molar-refractivity contribution in [3.8, 4) is 0 Å². The van der Waals surface area contributed by atoms with Crippen LogP contribution in [0.1, 0.15) is 17.2 Å².